The van der Waals surface area contributed by atoms with E-state index in [4.69, 9.17) is 9.47 Å². The van der Waals surface area contributed by atoms with Gasteiger partial charge in [0.2, 0.25) is 17.7 Å². The summed E-state index contributed by atoms with van der Waals surface area (Å²) in [6.45, 7) is 0.887. The fraction of sp³-hybridized carbons (Fsp3) is 0.240. The first-order valence-corrected chi connectivity index (χ1v) is 11.2. The highest BCUT2D eigenvalue weighted by Gasteiger charge is 2.34. The van der Waals surface area contributed by atoms with Gasteiger partial charge < -0.3 is 19.7 Å². The summed E-state index contributed by atoms with van der Waals surface area (Å²) in [6, 6.07) is 20.3. The van der Waals surface area contributed by atoms with Crippen molar-refractivity contribution in [2.75, 3.05) is 31.7 Å². The van der Waals surface area contributed by atoms with Crippen LogP contribution in [0.15, 0.2) is 66.7 Å². The third kappa shape index (κ3) is 4.77. The number of carbonyl (C=O) groups is 2. The van der Waals surface area contributed by atoms with Crippen molar-refractivity contribution in [2.24, 2.45) is 5.92 Å². The zero-order chi connectivity index (χ0) is 24.2. The second-order valence-electron chi connectivity index (χ2n) is 8.08. The molecule has 4 aromatic rings. The number of rotatable bonds is 8. The number of methoxy groups -OCH3 is 1. The van der Waals surface area contributed by atoms with Crippen LogP contribution < -0.4 is 19.7 Å². The third-order valence-corrected chi connectivity index (χ3v) is 5.78. The Kier molecular flexibility index (Phi) is 6.25. The quantitative estimate of drug-likeness (QED) is 0.392. The Bertz CT molecular complexity index is 1360. The summed E-state index contributed by atoms with van der Waals surface area (Å²) in [5.41, 5.74) is 2.20. The first-order valence-electron chi connectivity index (χ1n) is 11.2. The van der Waals surface area contributed by atoms with E-state index >= 15 is 0 Å². The SMILES string of the molecule is COc1cccc(-c2nnc3ccc(OCCNC(=O)C4CC(=O)N(c5ccccc5)C4)nn23)c1. The summed E-state index contributed by atoms with van der Waals surface area (Å²) < 4.78 is 12.6. The maximum atomic E-state index is 12.6. The summed E-state index contributed by atoms with van der Waals surface area (Å²) in [7, 11) is 1.61. The Labute approximate surface area is 201 Å². The summed E-state index contributed by atoms with van der Waals surface area (Å²) in [5, 5.41) is 15.7. The molecule has 0 radical (unpaired) electrons. The maximum Gasteiger partial charge on any atom is 0.231 e. The van der Waals surface area contributed by atoms with Crippen molar-refractivity contribution in [1.82, 2.24) is 25.1 Å². The van der Waals surface area contributed by atoms with Crippen LogP contribution in [0.5, 0.6) is 11.6 Å². The molecule has 2 amide bonds. The monoisotopic (exact) mass is 472 g/mol. The zero-order valence-electron chi connectivity index (χ0n) is 19.1. The molecular weight excluding hydrogens is 448 g/mol. The van der Waals surface area contributed by atoms with Gasteiger partial charge in [0.25, 0.3) is 0 Å². The van der Waals surface area contributed by atoms with Crippen LogP contribution in [0.25, 0.3) is 17.0 Å². The standard InChI is InChI=1S/C25H24N6O4/c1-34-20-9-5-6-17(14-20)24-28-27-21-10-11-22(29-31(21)24)35-13-12-26-25(33)18-15-23(32)30(16-18)19-7-3-2-4-8-19/h2-11,14,18H,12-13,15-16H2,1H3,(H,26,33). The number of hydrogen-bond donors (Lipinski definition) is 1. The second-order valence-corrected chi connectivity index (χ2v) is 8.08. The fourth-order valence-corrected chi connectivity index (χ4v) is 4.01. The highest BCUT2D eigenvalue weighted by atomic mass is 16.5. The van der Waals surface area contributed by atoms with Gasteiger partial charge in [0.15, 0.2) is 11.5 Å². The lowest BCUT2D eigenvalue weighted by atomic mass is 10.1. The number of nitrogens with one attached hydrogen (secondary N) is 1. The lowest BCUT2D eigenvalue weighted by molar-refractivity contribution is -0.126. The first kappa shape index (κ1) is 22.3. The molecule has 0 bridgehead atoms. The van der Waals surface area contributed by atoms with Gasteiger partial charge in [-0.15, -0.1) is 15.3 Å². The number of para-hydroxylation sites is 1. The molecule has 1 unspecified atom stereocenters. The molecule has 1 fully saturated rings. The van der Waals surface area contributed by atoms with Crippen molar-refractivity contribution in [3.8, 4) is 23.0 Å². The summed E-state index contributed by atoms with van der Waals surface area (Å²) in [5.74, 6) is 1.04. The van der Waals surface area contributed by atoms with Crippen molar-refractivity contribution in [1.29, 1.82) is 0 Å². The van der Waals surface area contributed by atoms with Gasteiger partial charge in [-0.3, -0.25) is 9.59 Å². The van der Waals surface area contributed by atoms with Gasteiger partial charge in [0.05, 0.1) is 19.6 Å². The largest absolute Gasteiger partial charge is 0.497 e. The van der Waals surface area contributed by atoms with E-state index in [1.807, 2.05) is 54.6 Å². The van der Waals surface area contributed by atoms with Crippen LogP contribution >= 0.6 is 0 Å². The minimum Gasteiger partial charge on any atom is -0.497 e. The van der Waals surface area contributed by atoms with E-state index in [1.54, 1.807) is 28.7 Å². The van der Waals surface area contributed by atoms with Crippen LogP contribution in [0, 0.1) is 5.92 Å². The molecule has 5 rings (SSSR count). The molecule has 3 heterocycles. The molecule has 1 atom stereocenters. The maximum absolute atomic E-state index is 12.6. The lowest BCUT2D eigenvalue weighted by Crippen LogP contribution is -2.35. The van der Waals surface area contributed by atoms with Crippen LogP contribution in [-0.4, -0.2) is 58.4 Å². The van der Waals surface area contributed by atoms with E-state index in [0.717, 1.165) is 11.3 Å². The highest BCUT2D eigenvalue weighted by molar-refractivity contribution is 6.00. The normalized spacial score (nSPS) is 15.4. The van der Waals surface area contributed by atoms with E-state index in [2.05, 4.69) is 20.6 Å². The third-order valence-electron chi connectivity index (χ3n) is 5.78. The Morgan fingerprint density at radius 3 is 2.77 bits per heavy atom. The van der Waals surface area contributed by atoms with Crippen LogP contribution in [0.1, 0.15) is 6.42 Å². The van der Waals surface area contributed by atoms with Crippen LogP contribution in [-0.2, 0) is 9.59 Å². The molecule has 1 N–H and O–H groups in total. The Morgan fingerprint density at radius 2 is 1.94 bits per heavy atom. The smallest absolute Gasteiger partial charge is 0.231 e. The van der Waals surface area contributed by atoms with E-state index in [0.29, 0.717) is 36.2 Å². The van der Waals surface area contributed by atoms with Gasteiger partial charge in [-0.1, -0.05) is 30.3 Å². The molecular formula is C25H24N6O4. The molecule has 2 aromatic heterocycles. The minimum absolute atomic E-state index is 0.0501. The average Bonchev–Trinajstić information content (AvgIpc) is 3.50. The second kappa shape index (κ2) is 9.80. The highest BCUT2D eigenvalue weighted by Crippen LogP contribution is 2.25. The number of ether oxygens (including phenoxy) is 2. The number of aromatic nitrogens is 4. The number of carbonyl (C=O) groups excluding carboxylic acids is 2. The molecule has 1 aliphatic heterocycles. The van der Waals surface area contributed by atoms with Crippen molar-refractivity contribution in [2.45, 2.75) is 6.42 Å². The number of fused-ring (bicyclic) bond motifs is 1. The van der Waals surface area contributed by atoms with Gasteiger partial charge in [0, 0.05) is 30.3 Å². The number of hydrogen-bond acceptors (Lipinski definition) is 7. The Morgan fingerprint density at radius 1 is 1.09 bits per heavy atom. The summed E-state index contributed by atoms with van der Waals surface area (Å²) in [4.78, 5) is 26.6. The summed E-state index contributed by atoms with van der Waals surface area (Å²) >= 11 is 0. The van der Waals surface area contributed by atoms with Gasteiger partial charge >= 0.3 is 0 Å². The zero-order valence-corrected chi connectivity index (χ0v) is 19.1. The van der Waals surface area contributed by atoms with E-state index in [-0.39, 0.29) is 30.8 Å². The molecule has 178 valence electrons. The predicted octanol–water partition coefficient (Wildman–Crippen LogP) is 2.35. The van der Waals surface area contributed by atoms with E-state index in [1.165, 1.54) is 0 Å². The number of benzene rings is 2. The fourth-order valence-electron chi connectivity index (χ4n) is 4.01. The van der Waals surface area contributed by atoms with Crippen LogP contribution in [0.3, 0.4) is 0 Å². The lowest BCUT2D eigenvalue weighted by Gasteiger charge is -2.16. The van der Waals surface area contributed by atoms with Crippen LogP contribution in [0.4, 0.5) is 5.69 Å². The first-order chi connectivity index (χ1) is 17.1. The molecule has 2 aromatic carbocycles. The molecule has 0 aliphatic carbocycles. The van der Waals surface area contributed by atoms with Gasteiger partial charge in [0.1, 0.15) is 12.4 Å². The number of nitrogens with zero attached hydrogens (tertiary/aromatic N) is 5. The van der Waals surface area contributed by atoms with Crippen molar-refractivity contribution >= 4 is 23.1 Å². The van der Waals surface area contributed by atoms with Crippen LogP contribution in [0.2, 0.25) is 0 Å². The molecule has 35 heavy (non-hydrogen) atoms. The molecule has 0 saturated carbocycles. The van der Waals surface area contributed by atoms with Crippen molar-refractivity contribution in [3.63, 3.8) is 0 Å². The van der Waals surface area contributed by atoms with Gasteiger partial charge in [-0.05, 0) is 30.3 Å². The number of amides is 2. The topological polar surface area (TPSA) is 111 Å². The molecule has 10 nitrogen and oxygen atoms in total. The predicted molar refractivity (Wildman–Crippen MR) is 128 cm³/mol. The summed E-state index contributed by atoms with van der Waals surface area (Å²) in [6.07, 6.45) is 0.195. The number of anilines is 1. The Balaban J connectivity index is 1.17. The molecule has 10 heteroatoms. The average molecular weight is 473 g/mol. The molecule has 1 saturated heterocycles. The van der Waals surface area contributed by atoms with Gasteiger partial charge in [-0.2, -0.15) is 4.52 Å². The molecule has 1 aliphatic rings. The van der Waals surface area contributed by atoms with Crippen molar-refractivity contribution in [3.05, 3.63) is 66.7 Å². The van der Waals surface area contributed by atoms with Gasteiger partial charge in [-0.25, -0.2) is 0 Å². The van der Waals surface area contributed by atoms with E-state index < -0.39 is 0 Å². The minimum atomic E-state index is -0.389. The Hall–Kier alpha value is -4.47. The van der Waals surface area contributed by atoms with E-state index in [9.17, 15) is 9.59 Å². The van der Waals surface area contributed by atoms with Crippen molar-refractivity contribution < 1.29 is 19.1 Å². The molecule has 0 spiro atoms.